The maximum Gasteiger partial charge on any atom is 0.321 e. The number of benzene rings is 1. The van der Waals surface area contributed by atoms with Crippen molar-refractivity contribution in [3.05, 3.63) is 23.3 Å². The Morgan fingerprint density at radius 1 is 1.35 bits per heavy atom. The standard InChI is InChI=1S/C21H31N3O2/c1-22-20(25)24(3)18-12-14-11-17-15-7-5-6-8-21(15,9-10-23(17)2)16(14)13-19(18)26-4/h12-13,15,17H,5-11H2,1-4H3,(H,22,25)/t15?,17?,21-/m0/s1. The van der Waals surface area contributed by atoms with Gasteiger partial charge in [0.25, 0.3) is 0 Å². The minimum absolute atomic E-state index is 0.120. The normalized spacial score (nSPS) is 30.2. The van der Waals surface area contributed by atoms with Crippen LogP contribution < -0.4 is 15.0 Å². The number of nitrogens with one attached hydrogen (secondary N) is 1. The van der Waals surface area contributed by atoms with E-state index in [0.717, 1.165) is 23.8 Å². The third-order valence-electron chi connectivity index (χ3n) is 7.29. The molecule has 2 amide bonds. The summed E-state index contributed by atoms with van der Waals surface area (Å²) in [5.74, 6) is 1.57. The van der Waals surface area contributed by atoms with E-state index in [1.807, 2.05) is 0 Å². The molecular weight excluding hydrogens is 326 g/mol. The zero-order chi connectivity index (χ0) is 18.5. The van der Waals surface area contributed by atoms with Gasteiger partial charge in [0.15, 0.2) is 0 Å². The fourth-order valence-electron chi connectivity index (χ4n) is 5.93. The number of urea groups is 1. The number of likely N-dealkylation sites (N-methyl/N-ethyl adjacent to an activating group) is 1. The molecule has 5 nitrogen and oxygen atoms in total. The van der Waals surface area contributed by atoms with Crippen LogP contribution in [0.25, 0.3) is 0 Å². The molecule has 4 rings (SSSR count). The summed E-state index contributed by atoms with van der Waals surface area (Å²) < 4.78 is 5.73. The van der Waals surface area contributed by atoms with Crippen molar-refractivity contribution in [2.45, 2.75) is 50.0 Å². The Hall–Kier alpha value is -1.75. The second-order valence-corrected chi connectivity index (χ2v) is 8.31. The smallest absolute Gasteiger partial charge is 0.321 e. The Morgan fingerprint density at radius 3 is 2.88 bits per heavy atom. The second-order valence-electron chi connectivity index (χ2n) is 8.31. The summed E-state index contributed by atoms with van der Waals surface area (Å²) in [5.41, 5.74) is 4.07. The molecule has 2 bridgehead atoms. The van der Waals surface area contributed by atoms with Gasteiger partial charge in [0, 0.05) is 25.6 Å². The maximum absolute atomic E-state index is 12.2. The number of amides is 2. The number of fused-ring (bicyclic) bond motifs is 1. The third-order valence-corrected chi connectivity index (χ3v) is 7.29. The molecule has 26 heavy (non-hydrogen) atoms. The number of nitrogens with zero attached hydrogens (tertiary/aromatic N) is 2. The van der Waals surface area contributed by atoms with Gasteiger partial charge >= 0.3 is 6.03 Å². The largest absolute Gasteiger partial charge is 0.495 e. The summed E-state index contributed by atoms with van der Waals surface area (Å²) in [6.07, 6.45) is 7.65. The molecule has 5 heteroatoms. The molecule has 1 N–H and O–H groups in total. The average molecular weight is 357 g/mol. The first-order chi connectivity index (χ1) is 12.5. The predicted octanol–water partition coefficient (Wildman–Crippen LogP) is 3.16. The number of carbonyl (C=O) groups excluding carboxylic acids is 1. The van der Waals surface area contributed by atoms with Crippen molar-refractivity contribution < 1.29 is 9.53 Å². The number of methoxy groups -OCH3 is 1. The van der Waals surface area contributed by atoms with Crippen molar-refractivity contribution in [1.29, 1.82) is 0 Å². The van der Waals surface area contributed by atoms with Crippen molar-refractivity contribution in [2.24, 2.45) is 5.92 Å². The van der Waals surface area contributed by atoms with Gasteiger partial charge in [0.1, 0.15) is 5.75 Å². The summed E-state index contributed by atoms with van der Waals surface area (Å²) in [7, 11) is 7.46. The van der Waals surface area contributed by atoms with Crippen molar-refractivity contribution >= 4 is 11.7 Å². The van der Waals surface area contributed by atoms with Crippen LogP contribution in [0, 0.1) is 5.92 Å². The lowest BCUT2D eigenvalue weighted by molar-refractivity contribution is 0.00276. The highest BCUT2D eigenvalue weighted by Gasteiger charge is 2.53. The monoisotopic (exact) mass is 357 g/mol. The van der Waals surface area contributed by atoms with Gasteiger partial charge in [0.05, 0.1) is 12.8 Å². The fourth-order valence-corrected chi connectivity index (χ4v) is 5.93. The van der Waals surface area contributed by atoms with Crippen LogP contribution in [0.4, 0.5) is 10.5 Å². The number of ether oxygens (including phenoxy) is 1. The lowest BCUT2D eigenvalue weighted by Gasteiger charge is -2.58. The molecule has 0 aromatic heterocycles. The predicted molar refractivity (Wildman–Crippen MR) is 104 cm³/mol. The number of hydrogen-bond donors (Lipinski definition) is 1. The van der Waals surface area contributed by atoms with Crippen molar-refractivity contribution in [3.63, 3.8) is 0 Å². The van der Waals surface area contributed by atoms with E-state index in [9.17, 15) is 4.79 Å². The highest BCUT2D eigenvalue weighted by atomic mass is 16.5. The van der Waals surface area contributed by atoms with Gasteiger partial charge < -0.3 is 15.0 Å². The molecule has 142 valence electrons. The van der Waals surface area contributed by atoms with E-state index in [2.05, 4.69) is 29.4 Å². The summed E-state index contributed by atoms with van der Waals surface area (Å²) in [6, 6.07) is 4.97. The first kappa shape index (κ1) is 17.7. The number of hydrogen-bond acceptors (Lipinski definition) is 3. The summed E-state index contributed by atoms with van der Waals surface area (Å²) in [5, 5.41) is 2.71. The van der Waals surface area contributed by atoms with E-state index in [0.29, 0.717) is 11.5 Å². The highest BCUT2D eigenvalue weighted by Crippen LogP contribution is 2.56. The molecule has 1 heterocycles. The Morgan fingerprint density at radius 2 is 2.15 bits per heavy atom. The number of anilines is 1. The summed E-state index contributed by atoms with van der Waals surface area (Å²) in [6.45, 7) is 1.18. The third kappa shape index (κ3) is 2.43. The molecule has 1 aromatic rings. The van der Waals surface area contributed by atoms with Crippen LogP contribution in [0.2, 0.25) is 0 Å². The van der Waals surface area contributed by atoms with Gasteiger partial charge in [0.2, 0.25) is 0 Å². The van der Waals surface area contributed by atoms with Crippen LogP contribution in [0.15, 0.2) is 12.1 Å². The molecule has 2 aliphatic carbocycles. The number of rotatable bonds is 2. The minimum atomic E-state index is -0.120. The molecule has 0 radical (unpaired) electrons. The lowest BCUT2D eigenvalue weighted by Crippen LogP contribution is -2.59. The first-order valence-electron chi connectivity index (χ1n) is 9.89. The van der Waals surface area contributed by atoms with E-state index < -0.39 is 0 Å². The van der Waals surface area contributed by atoms with Crippen LogP contribution in [0.3, 0.4) is 0 Å². The van der Waals surface area contributed by atoms with Crippen LogP contribution in [0.5, 0.6) is 5.75 Å². The topological polar surface area (TPSA) is 44.8 Å². The van der Waals surface area contributed by atoms with E-state index in [1.165, 1.54) is 49.8 Å². The molecule has 1 saturated heterocycles. The van der Waals surface area contributed by atoms with Gasteiger partial charge in [-0.15, -0.1) is 0 Å². The number of carbonyl (C=O) groups is 1. The molecule has 3 atom stereocenters. The molecule has 2 fully saturated rings. The Kier molecular flexibility index (Phi) is 4.38. The van der Waals surface area contributed by atoms with E-state index in [4.69, 9.17) is 4.74 Å². The maximum atomic E-state index is 12.2. The number of likely N-dealkylation sites (tertiary alicyclic amines) is 1. The fraction of sp³-hybridized carbons (Fsp3) is 0.667. The number of piperidine rings is 1. The van der Waals surface area contributed by atoms with Crippen LogP contribution in [-0.2, 0) is 11.8 Å². The second kappa shape index (κ2) is 6.45. The highest BCUT2D eigenvalue weighted by molar-refractivity contribution is 5.93. The van der Waals surface area contributed by atoms with E-state index in [1.54, 1.807) is 26.1 Å². The van der Waals surface area contributed by atoms with Gasteiger partial charge in [-0.1, -0.05) is 12.8 Å². The first-order valence-corrected chi connectivity index (χ1v) is 9.89. The van der Waals surface area contributed by atoms with Gasteiger partial charge in [-0.3, -0.25) is 4.90 Å². The molecule has 1 aromatic carbocycles. The van der Waals surface area contributed by atoms with Gasteiger partial charge in [-0.25, -0.2) is 4.79 Å². The zero-order valence-electron chi connectivity index (χ0n) is 16.5. The minimum Gasteiger partial charge on any atom is -0.495 e. The van der Waals surface area contributed by atoms with Crippen molar-refractivity contribution in [1.82, 2.24) is 10.2 Å². The Bertz CT molecular complexity index is 719. The van der Waals surface area contributed by atoms with Crippen molar-refractivity contribution in [2.75, 3.05) is 39.7 Å². The van der Waals surface area contributed by atoms with Gasteiger partial charge in [-0.2, -0.15) is 0 Å². The van der Waals surface area contributed by atoms with Crippen LogP contribution in [0.1, 0.15) is 43.2 Å². The quantitative estimate of drug-likeness (QED) is 0.884. The van der Waals surface area contributed by atoms with Crippen LogP contribution in [-0.4, -0.2) is 51.8 Å². The Labute approximate surface area is 156 Å². The Balaban J connectivity index is 1.85. The zero-order valence-corrected chi connectivity index (χ0v) is 16.5. The van der Waals surface area contributed by atoms with E-state index >= 15 is 0 Å². The van der Waals surface area contributed by atoms with E-state index in [-0.39, 0.29) is 6.03 Å². The van der Waals surface area contributed by atoms with Gasteiger partial charge in [-0.05, 0) is 68.5 Å². The molecule has 1 aliphatic heterocycles. The molecule has 3 aliphatic rings. The van der Waals surface area contributed by atoms with Crippen molar-refractivity contribution in [3.8, 4) is 5.75 Å². The van der Waals surface area contributed by atoms with Crippen LogP contribution >= 0.6 is 0 Å². The molecule has 1 saturated carbocycles. The average Bonchev–Trinajstić information content (AvgIpc) is 2.68. The summed E-state index contributed by atoms with van der Waals surface area (Å²) in [4.78, 5) is 16.4. The molecule has 0 spiro atoms. The SMILES string of the molecule is CNC(=O)N(C)c1cc2c(cc1OC)[C@]13CCCCC1C(C2)N(C)CC3. The molecular formula is C21H31N3O2. The lowest BCUT2D eigenvalue weighted by atomic mass is 9.52. The molecule has 2 unspecified atom stereocenters. The summed E-state index contributed by atoms with van der Waals surface area (Å²) >= 11 is 0.